The highest BCUT2D eigenvalue weighted by molar-refractivity contribution is 6.74. The molecule has 0 aromatic carbocycles. The fraction of sp³-hybridized carbons (Fsp3) is 0.875. The van der Waals surface area contributed by atoms with Crippen LogP contribution in [0, 0.1) is 17.8 Å². The summed E-state index contributed by atoms with van der Waals surface area (Å²) in [5.74, 6) is 2.03. The second-order valence-corrected chi connectivity index (χ2v) is 15.7. The highest BCUT2D eigenvalue weighted by Crippen LogP contribution is 2.48. The maximum absolute atomic E-state index is 12.6. The Kier molecular flexibility index (Phi) is 7.95. The van der Waals surface area contributed by atoms with Gasteiger partial charge in [0, 0.05) is 6.42 Å². The lowest BCUT2D eigenvalue weighted by atomic mass is 9.80. The van der Waals surface area contributed by atoms with Gasteiger partial charge in [-0.05, 0) is 61.2 Å². The van der Waals surface area contributed by atoms with Crippen LogP contribution in [-0.2, 0) is 9.22 Å². The van der Waals surface area contributed by atoms with Crippen LogP contribution in [0.2, 0.25) is 18.1 Å². The maximum Gasteiger partial charge on any atom is 0.192 e. The highest BCUT2D eigenvalue weighted by Gasteiger charge is 2.46. The molecule has 0 aromatic rings. The number of hydrogen-bond donors (Lipinski definition) is 0. The van der Waals surface area contributed by atoms with E-state index in [-0.39, 0.29) is 5.04 Å². The Morgan fingerprint density at radius 3 is 2.22 bits per heavy atom. The van der Waals surface area contributed by atoms with Crippen molar-refractivity contribution < 1.29 is 9.22 Å². The second kappa shape index (κ2) is 9.39. The lowest BCUT2D eigenvalue weighted by Gasteiger charge is -2.40. The molecule has 0 unspecified atom stereocenters. The van der Waals surface area contributed by atoms with Gasteiger partial charge in [0.25, 0.3) is 0 Å². The largest absolute Gasteiger partial charge is 0.413 e. The summed E-state index contributed by atoms with van der Waals surface area (Å²) in [5, 5.41) is 0.230. The number of fused-ring (bicyclic) bond motifs is 2. The summed E-state index contributed by atoms with van der Waals surface area (Å²) in [6.07, 6.45) is 12.8. The molecule has 0 aromatic heterocycles. The van der Waals surface area contributed by atoms with Crippen LogP contribution in [0.4, 0.5) is 0 Å². The van der Waals surface area contributed by atoms with Crippen LogP contribution in [-0.4, -0.2) is 20.2 Å². The molecule has 1 saturated carbocycles. The van der Waals surface area contributed by atoms with Gasteiger partial charge in [-0.25, -0.2) is 0 Å². The monoisotopic (exact) mass is 392 g/mol. The van der Waals surface area contributed by atoms with Gasteiger partial charge >= 0.3 is 0 Å². The van der Waals surface area contributed by atoms with Crippen molar-refractivity contribution in [2.45, 2.75) is 117 Å². The number of allylic oxidation sites excluding steroid dienone is 1. The van der Waals surface area contributed by atoms with E-state index in [9.17, 15) is 4.79 Å². The van der Waals surface area contributed by atoms with Gasteiger partial charge in [-0.3, -0.25) is 4.79 Å². The summed E-state index contributed by atoms with van der Waals surface area (Å²) >= 11 is 0. The zero-order valence-corrected chi connectivity index (χ0v) is 20.1. The lowest BCUT2D eigenvalue weighted by molar-refractivity contribution is -0.114. The minimum absolute atomic E-state index is 0.230. The molecule has 27 heavy (non-hydrogen) atoms. The molecule has 3 atom stereocenters. The molecule has 0 amide bonds. The molecule has 156 valence electrons. The first kappa shape index (κ1) is 22.9. The minimum Gasteiger partial charge on any atom is -0.413 e. The van der Waals surface area contributed by atoms with Gasteiger partial charge in [-0.15, -0.1) is 0 Å². The van der Waals surface area contributed by atoms with Crippen molar-refractivity contribution in [3.05, 3.63) is 11.6 Å². The molecule has 2 aliphatic carbocycles. The normalized spacial score (nSPS) is 31.0. The van der Waals surface area contributed by atoms with Crippen LogP contribution in [0.1, 0.15) is 92.4 Å². The van der Waals surface area contributed by atoms with Gasteiger partial charge in [0.1, 0.15) is 0 Å². The maximum atomic E-state index is 12.6. The van der Waals surface area contributed by atoms with E-state index in [0.717, 1.165) is 19.3 Å². The van der Waals surface area contributed by atoms with Crippen LogP contribution in [0.5, 0.6) is 0 Å². The third-order valence-corrected chi connectivity index (χ3v) is 11.8. The Labute approximate surface area is 169 Å². The molecule has 3 heteroatoms. The molecule has 2 bridgehead atoms. The molecule has 0 radical (unpaired) electrons. The predicted molar refractivity (Wildman–Crippen MR) is 119 cm³/mol. The second-order valence-electron chi connectivity index (χ2n) is 10.9. The predicted octanol–water partition coefficient (Wildman–Crippen LogP) is 7.30. The molecule has 0 saturated heterocycles. The van der Waals surface area contributed by atoms with E-state index in [1.807, 2.05) is 6.08 Å². The molecular weight excluding hydrogens is 348 g/mol. The summed E-state index contributed by atoms with van der Waals surface area (Å²) in [4.78, 5) is 12.6. The molecule has 0 spiro atoms. The zero-order chi connectivity index (χ0) is 20.2. The number of carbonyl (C=O) groups is 1. The summed E-state index contributed by atoms with van der Waals surface area (Å²) in [7, 11) is -1.81. The van der Waals surface area contributed by atoms with Crippen molar-refractivity contribution in [2.24, 2.45) is 17.8 Å². The van der Waals surface area contributed by atoms with Crippen LogP contribution >= 0.6 is 0 Å². The first-order valence-electron chi connectivity index (χ1n) is 11.4. The summed E-state index contributed by atoms with van der Waals surface area (Å²) in [6, 6.07) is 0. The number of ketones is 1. The Hall–Kier alpha value is -0.413. The Bertz CT molecular complexity index is 527. The summed E-state index contributed by atoms with van der Waals surface area (Å²) < 4.78 is 6.96. The smallest absolute Gasteiger partial charge is 0.192 e. The van der Waals surface area contributed by atoms with Crippen molar-refractivity contribution >= 4 is 14.1 Å². The summed E-state index contributed by atoms with van der Waals surface area (Å²) in [6.45, 7) is 16.4. The third-order valence-electron chi connectivity index (χ3n) is 7.33. The first-order valence-corrected chi connectivity index (χ1v) is 14.3. The van der Waals surface area contributed by atoms with E-state index < -0.39 is 8.32 Å². The Morgan fingerprint density at radius 1 is 1.04 bits per heavy atom. The van der Waals surface area contributed by atoms with E-state index in [2.05, 4.69) is 47.7 Å². The molecular formula is C24H44O2Si. The third kappa shape index (κ3) is 6.03. The Balaban J connectivity index is 2.31. The van der Waals surface area contributed by atoms with Crippen molar-refractivity contribution in [3.63, 3.8) is 0 Å². The number of hydrogen-bond acceptors (Lipinski definition) is 2. The fourth-order valence-electron chi connectivity index (χ4n) is 4.82. The molecule has 0 heterocycles. The van der Waals surface area contributed by atoms with E-state index in [1.54, 1.807) is 0 Å². The zero-order valence-electron chi connectivity index (χ0n) is 19.1. The number of carbonyl (C=O) groups excluding carboxylic acids is 1. The van der Waals surface area contributed by atoms with Crippen LogP contribution in [0.25, 0.3) is 0 Å². The molecule has 2 aliphatic rings. The highest BCUT2D eigenvalue weighted by atomic mass is 28.4. The lowest BCUT2D eigenvalue weighted by Crippen LogP contribution is -2.45. The quantitative estimate of drug-likeness (QED) is 0.471. The van der Waals surface area contributed by atoms with Crippen molar-refractivity contribution in [1.29, 1.82) is 0 Å². The van der Waals surface area contributed by atoms with E-state index in [4.69, 9.17) is 4.43 Å². The van der Waals surface area contributed by atoms with Gasteiger partial charge in [-0.1, -0.05) is 72.3 Å². The van der Waals surface area contributed by atoms with E-state index in [1.165, 1.54) is 44.1 Å². The average Bonchev–Trinajstić information content (AvgIpc) is 2.85. The topological polar surface area (TPSA) is 26.3 Å². The van der Waals surface area contributed by atoms with Crippen molar-refractivity contribution in [3.8, 4) is 0 Å². The van der Waals surface area contributed by atoms with Gasteiger partial charge in [0.15, 0.2) is 14.1 Å². The minimum atomic E-state index is -1.81. The average molecular weight is 393 g/mol. The SMILES string of the molecule is CC(C)[C@H]1/C2=C/C(=O)CCCCCCCC[C@H]1[C@@H](O[Si](C)(C)C(C)(C)C)C2. The first-order chi connectivity index (χ1) is 12.5. The van der Waals surface area contributed by atoms with Crippen LogP contribution in [0.3, 0.4) is 0 Å². The van der Waals surface area contributed by atoms with Crippen LogP contribution in [0.15, 0.2) is 11.6 Å². The summed E-state index contributed by atoms with van der Waals surface area (Å²) in [5.41, 5.74) is 1.39. The van der Waals surface area contributed by atoms with Gasteiger partial charge in [0.05, 0.1) is 6.10 Å². The van der Waals surface area contributed by atoms with Crippen molar-refractivity contribution in [2.75, 3.05) is 0 Å². The van der Waals surface area contributed by atoms with Crippen molar-refractivity contribution in [1.82, 2.24) is 0 Å². The van der Waals surface area contributed by atoms with E-state index >= 15 is 0 Å². The van der Waals surface area contributed by atoms with Gasteiger partial charge < -0.3 is 4.43 Å². The van der Waals surface area contributed by atoms with Gasteiger partial charge in [-0.2, -0.15) is 0 Å². The van der Waals surface area contributed by atoms with Crippen LogP contribution < -0.4 is 0 Å². The molecule has 0 aliphatic heterocycles. The molecule has 1 fully saturated rings. The molecule has 2 nitrogen and oxygen atoms in total. The Morgan fingerprint density at radius 2 is 1.63 bits per heavy atom. The number of rotatable bonds is 3. The molecule has 0 N–H and O–H groups in total. The molecule has 2 rings (SSSR count). The fourth-order valence-corrected chi connectivity index (χ4v) is 6.19. The van der Waals surface area contributed by atoms with E-state index in [0.29, 0.717) is 29.6 Å². The standard InChI is InChI=1S/C24H44O2Si/c1-18(2)23-19-16-20(25)14-12-10-8-9-11-13-15-21(23)22(17-19)26-27(6,7)24(3,4)5/h16,18,21-23H,8-15,17H2,1-7H3/b19-16+/t21-,22-,23-/m0/s1. The van der Waals surface area contributed by atoms with Gasteiger partial charge in [0.2, 0.25) is 0 Å².